The van der Waals surface area contributed by atoms with E-state index >= 15 is 0 Å². The van der Waals surface area contributed by atoms with Gasteiger partial charge in [0.15, 0.2) is 23.0 Å². The van der Waals surface area contributed by atoms with Crippen molar-refractivity contribution >= 4 is 17.7 Å². The zero-order valence-corrected chi connectivity index (χ0v) is 18.6. The molecular weight excluding hydrogens is 432 g/mol. The Morgan fingerprint density at radius 3 is 2.79 bits per heavy atom. The van der Waals surface area contributed by atoms with Crippen LogP contribution >= 0.6 is 0 Å². The lowest BCUT2D eigenvalue weighted by Crippen LogP contribution is -2.29. The number of ether oxygens (including phenoxy) is 4. The summed E-state index contributed by atoms with van der Waals surface area (Å²) in [4.78, 5) is 14.7. The van der Waals surface area contributed by atoms with Gasteiger partial charge in [0.1, 0.15) is 18.2 Å². The number of nitrogens with zero attached hydrogens (tertiary/aromatic N) is 2. The molecule has 0 aliphatic carbocycles. The highest BCUT2D eigenvalue weighted by molar-refractivity contribution is 6.12. The third-order valence-electron chi connectivity index (χ3n) is 5.81. The van der Waals surface area contributed by atoms with Gasteiger partial charge in [-0.1, -0.05) is 30.3 Å². The summed E-state index contributed by atoms with van der Waals surface area (Å²) in [5, 5.41) is 9.68. The summed E-state index contributed by atoms with van der Waals surface area (Å²) in [6.07, 6.45) is 2.36. The SMILES string of the molecule is COc1cc(C=C(C#N)C(=O)N2CCc3ccccc32)ccc1OCc1ccc2c(c1)OCO2. The molecule has 0 spiro atoms. The van der Waals surface area contributed by atoms with Crippen molar-refractivity contribution in [2.75, 3.05) is 25.3 Å². The lowest BCUT2D eigenvalue weighted by Gasteiger charge is -2.16. The van der Waals surface area contributed by atoms with E-state index in [0.29, 0.717) is 36.0 Å². The molecule has 34 heavy (non-hydrogen) atoms. The van der Waals surface area contributed by atoms with E-state index in [1.54, 1.807) is 36.3 Å². The molecule has 2 heterocycles. The van der Waals surface area contributed by atoms with E-state index < -0.39 is 0 Å². The first kappa shape index (κ1) is 21.4. The number of anilines is 1. The van der Waals surface area contributed by atoms with Crippen molar-refractivity contribution in [2.45, 2.75) is 13.0 Å². The largest absolute Gasteiger partial charge is 0.493 e. The predicted octanol–water partition coefficient (Wildman–Crippen LogP) is 4.50. The number of nitriles is 1. The Bertz CT molecular complexity index is 1320. The molecule has 7 heteroatoms. The molecule has 0 aromatic heterocycles. The Hall–Kier alpha value is -4.44. The van der Waals surface area contributed by atoms with Gasteiger partial charge in [0, 0.05) is 12.2 Å². The molecule has 0 unspecified atom stereocenters. The highest BCUT2D eigenvalue weighted by atomic mass is 16.7. The number of hydrogen-bond donors (Lipinski definition) is 0. The van der Waals surface area contributed by atoms with Crippen molar-refractivity contribution in [3.05, 3.63) is 82.9 Å². The number of amides is 1. The summed E-state index contributed by atoms with van der Waals surface area (Å²) in [6, 6.07) is 20.8. The number of fused-ring (bicyclic) bond motifs is 2. The van der Waals surface area contributed by atoms with Crippen LogP contribution in [0, 0.1) is 11.3 Å². The number of hydrogen-bond acceptors (Lipinski definition) is 6. The molecule has 5 rings (SSSR count). The van der Waals surface area contributed by atoms with E-state index in [4.69, 9.17) is 18.9 Å². The van der Waals surface area contributed by atoms with Crippen LogP contribution in [0.15, 0.2) is 66.2 Å². The average molecular weight is 454 g/mol. The molecule has 7 nitrogen and oxygen atoms in total. The topological polar surface area (TPSA) is 81.0 Å². The van der Waals surface area contributed by atoms with Gasteiger partial charge in [0.2, 0.25) is 6.79 Å². The summed E-state index contributed by atoms with van der Waals surface area (Å²) in [5.41, 5.74) is 3.63. The molecule has 1 amide bonds. The van der Waals surface area contributed by atoms with Gasteiger partial charge in [-0.3, -0.25) is 4.79 Å². The molecule has 3 aromatic carbocycles. The van der Waals surface area contributed by atoms with Crippen LogP contribution in [0.2, 0.25) is 0 Å². The smallest absolute Gasteiger partial charge is 0.268 e. The van der Waals surface area contributed by atoms with Gasteiger partial charge in [-0.25, -0.2) is 0 Å². The standard InChI is InChI=1S/C27H22N2O5/c1-31-25-13-18(6-8-23(25)32-16-19-7-9-24-26(14-19)34-17-33-24)12-21(15-28)27(30)29-11-10-20-4-2-3-5-22(20)29/h2-9,12-14H,10-11,16-17H2,1H3. The quantitative estimate of drug-likeness (QED) is 0.403. The summed E-state index contributed by atoms with van der Waals surface area (Å²) in [5.74, 6) is 2.16. The van der Waals surface area contributed by atoms with Crippen molar-refractivity contribution in [2.24, 2.45) is 0 Å². The lowest BCUT2D eigenvalue weighted by molar-refractivity contribution is -0.114. The van der Waals surface area contributed by atoms with E-state index in [1.165, 1.54) is 0 Å². The minimum Gasteiger partial charge on any atom is -0.493 e. The lowest BCUT2D eigenvalue weighted by atomic mass is 10.1. The molecule has 0 fully saturated rings. The average Bonchev–Trinajstić information content (AvgIpc) is 3.52. The van der Waals surface area contributed by atoms with Gasteiger partial charge in [0.05, 0.1) is 7.11 Å². The van der Waals surface area contributed by atoms with Crippen LogP contribution in [0.4, 0.5) is 5.69 Å². The highest BCUT2D eigenvalue weighted by Gasteiger charge is 2.26. The summed E-state index contributed by atoms with van der Waals surface area (Å²) in [7, 11) is 1.55. The maximum absolute atomic E-state index is 13.1. The molecule has 0 radical (unpaired) electrons. The number of carbonyl (C=O) groups is 1. The molecular formula is C27H22N2O5. The Morgan fingerprint density at radius 2 is 1.94 bits per heavy atom. The first-order chi connectivity index (χ1) is 16.7. The predicted molar refractivity (Wildman–Crippen MR) is 126 cm³/mol. The van der Waals surface area contributed by atoms with Crippen LogP contribution in [-0.2, 0) is 17.8 Å². The fourth-order valence-corrected chi connectivity index (χ4v) is 4.09. The third-order valence-corrected chi connectivity index (χ3v) is 5.81. The van der Waals surface area contributed by atoms with Crippen LogP contribution in [-0.4, -0.2) is 26.4 Å². The van der Waals surface area contributed by atoms with Crippen molar-refractivity contribution in [3.8, 4) is 29.1 Å². The second-order valence-corrected chi connectivity index (χ2v) is 7.89. The number of para-hydroxylation sites is 1. The Balaban J connectivity index is 1.33. The van der Waals surface area contributed by atoms with E-state index in [-0.39, 0.29) is 18.3 Å². The molecule has 0 N–H and O–H groups in total. The summed E-state index contributed by atoms with van der Waals surface area (Å²) < 4.78 is 22.2. The van der Waals surface area contributed by atoms with Crippen LogP contribution in [0.3, 0.4) is 0 Å². The molecule has 0 bridgehead atoms. The van der Waals surface area contributed by atoms with Crippen LogP contribution in [0.1, 0.15) is 16.7 Å². The van der Waals surface area contributed by atoms with Gasteiger partial charge in [-0.2, -0.15) is 5.26 Å². The number of carbonyl (C=O) groups excluding carboxylic acids is 1. The van der Waals surface area contributed by atoms with Crippen LogP contribution in [0.25, 0.3) is 6.08 Å². The molecule has 170 valence electrons. The first-order valence-electron chi connectivity index (χ1n) is 10.9. The van der Waals surface area contributed by atoms with E-state index in [9.17, 15) is 10.1 Å². The summed E-state index contributed by atoms with van der Waals surface area (Å²) in [6.45, 7) is 1.10. The first-order valence-corrected chi connectivity index (χ1v) is 10.9. The minimum atomic E-state index is -0.311. The van der Waals surface area contributed by atoms with Gasteiger partial charge in [-0.15, -0.1) is 0 Å². The maximum Gasteiger partial charge on any atom is 0.268 e. The van der Waals surface area contributed by atoms with E-state index in [0.717, 1.165) is 29.0 Å². The molecule has 2 aliphatic rings. The number of methoxy groups -OCH3 is 1. The van der Waals surface area contributed by atoms with Crippen molar-refractivity contribution < 1.29 is 23.7 Å². The normalized spacial score (nSPS) is 13.9. The van der Waals surface area contributed by atoms with Gasteiger partial charge >= 0.3 is 0 Å². The van der Waals surface area contributed by atoms with Gasteiger partial charge in [0.25, 0.3) is 5.91 Å². The highest BCUT2D eigenvalue weighted by Crippen LogP contribution is 2.34. The molecule has 0 saturated carbocycles. The maximum atomic E-state index is 13.1. The van der Waals surface area contributed by atoms with E-state index in [2.05, 4.69) is 6.07 Å². The molecule has 2 aliphatic heterocycles. The van der Waals surface area contributed by atoms with Gasteiger partial charge in [-0.05, 0) is 59.5 Å². The fourth-order valence-electron chi connectivity index (χ4n) is 4.09. The van der Waals surface area contributed by atoms with Crippen molar-refractivity contribution in [1.82, 2.24) is 0 Å². The minimum absolute atomic E-state index is 0.0628. The number of rotatable bonds is 6. The van der Waals surface area contributed by atoms with Crippen molar-refractivity contribution in [3.63, 3.8) is 0 Å². The second-order valence-electron chi connectivity index (χ2n) is 7.89. The van der Waals surface area contributed by atoms with E-state index in [1.807, 2.05) is 42.5 Å². The summed E-state index contributed by atoms with van der Waals surface area (Å²) >= 11 is 0. The molecule has 3 aromatic rings. The zero-order valence-electron chi connectivity index (χ0n) is 18.6. The van der Waals surface area contributed by atoms with Crippen LogP contribution in [0.5, 0.6) is 23.0 Å². The third kappa shape index (κ3) is 4.14. The van der Waals surface area contributed by atoms with Gasteiger partial charge < -0.3 is 23.8 Å². The fraction of sp³-hybridized carbons (Fsp3) is 0.185. The Labute approximate surface area is 197 Å². The second kappa shape index (κ2) is 9.20. The Morgan fingerprint density at radius 1 is 1.09 bits per heavy atom. The Kier molecular flexibility index (Phi) is 5.79. The van der Waals surface area contributed by atoms with Crippen LogP contribution < -0.4 is 23.8 Å². The van der Waals surface area contributed by atoms with Crippen molar-refractivity contribution in [1.29, 1.82) is 5.26 Å². The number of benzene rings is 3. The zero-order chi connectivity index (χ0) is 23.5. The molecule has 0 atom stereocenters. The monoisotopic (exact) mass is 454 g/mol. The molecule has 0 saturated heterocycles.